The molecule has 0 aliphatic carbocycles. The number of carboxylic acid groups (broad SMARTS) is 4. The highest BCUT2D eigenvalue weighted by molar-refractivity contribution is 6.43. The Hall–Kier alpha value is -4.87. The van der Waals surface area contributed by atoms with Gasteiger partial charge in [0.1, 0.15) is 12.1 Å². The van der Waals surface area contributed by atoms with Crippen LogP contribution in [0.4, 0.5) is 5.69 Å². The Bertz CT molecular complexity index is 1450. The van der Waals surface area contributed by atoms with E-state index in [4.69, 9.17) is 0 Å². The van der Waals surface area contributed by atoms with Gasteiger partial charge in [0, 0.05) is 64.5 Å². The number of nitrogens with zero attached hydrogens (tertiary/aromatic N) is 5. The quantitative estimate of drug-likeness (QED) is 0.0585. The molecule has 0 bridgehead atoms. The number of anilines is 1. The fraction of sp³-hybridized carbons (Fsp3) is 0.594. The van der Waals surface area contributed by atoms with E-state index in [-0.39, 0.29) is 64.5 Å². The van der Waals surface area contributed by atoms with Gasteiger partial charge in [-0.3, -0.25) is 64.0 Å². The fourth-order valence-electron chi connectivity index (χ4n) is 6.33. The molecule has 22 heteroatoms. The zero-order chi connectivity index (χ0) is 39.9. The maximum atomic E-state index is 13.0. The van der Waals surface area contributed by atoms with E-state index in [1.54, 1.807) is 4.90 Å². The van der Waals surface area contributed by atoms with E-state index < -0.39 is 86.3 Å². The number of nitrogens with one attached hydrogen (secondary N) is 3. The highest BCUT2D eigenvalue weighted by atomic mass is 16.4. The highest BCUT2D eigenvalue weighted by Gasteiger charge is 2.38. The lowest BCUT2D eigenvalue weighted by molar-refractivity contribution is -0.146. The first-order chi connectivity index (χ1) is 25.5. The van der Waals surface area contributed by atoms with E-state index in [0.29, 0.717) is 25.1 Å². The lowest BCUT2D eigenvalue weighted by atomic mass is 9.78. The van der Waals surface area contributed by atoms with Crippen molar-refractivity contribution in [1.82, 2.24) is 35.2 Å². The monoisotopic (exact) mass is 764 g/mol. The molecule has 1 aromatic carbocycles. The van der Waals surface area contributed by atoms with E-state index in [1.807, 2.05) is 0 Å². The maximum Gasteiger partial charge on any atom is 0.475 e. The minimum atomic E-state index is -1.69. The maximum absolute atomic E-state index is 13.0. The van der Waals surface area contributed by atoms with E-state index in [1.165, 1.54) is 50.8 Å². The Balaban J connectivity index is 1.63. The Morgan fingerprint density at radius 1 is 0.741 bits per heavy atom. The summed E-state index contributed by atoms with van der Waals surface area (Å²) in [5.74, 6) is -7.20. The Morgan fingerprint density at radius 3 is 1.67 bits per heavy atom. The minimum Gasteiger partial charge on any atom is -0.480 e. The van der Waals surface area contributed by atoms with Gasteiger partial charge in [-0.15, -0.1) is 0 Å². The number of benzene rings is 1. The summed E-state index contributed by atoms with van der Waals surface area (Å²) in [6, 6.07) is 3.47. The molecule has 21 nitrogen and oxygen atoms in total. The van der Waals surface area contributed by atoms with Crippen LogP contribution < -0.4 is 16.2 Å². The molecule has 0 spiro atoms. The largest absolute Gasteiger partial charge is 0.480 e. The molecule has 2 fully saturated rings. The number of hydrazine groups is 1. The molecule has 1 unspecified atom stereocenters. The second-order valence-electron chi connectivity index (χ2n) is 13.2. The molecule has 9 N–H and O–H groups in total. The van der Waals surface area contributed by atoms with Gasteiger partial charge >= 0.3 is 31.0 Å². The van der Waals surface area contributed by atoms with Crippen LogP contribution in [-0.2, 0) is 28.8 Å². The molecular weight excluding hydrogens is 715 g/mol. The van der Waals surface area contributed by atoms with Gasteiger partial charge in [-0.25, -0.2) is 0 Å². The third-order valence-electron chi connectivity index (χ3n) is 9.19. The summed E-state index contributed by atoms with van der Waals surface area (Å²) in [6.07, 6.45) is 0.500. The standard InChI is InChI=1S/C32H49BN8O13/c1-21(31(50)41-8-2-3-25(41)33(53)54)34-30(49)22-4-6-23(7-5-22)35-36-26(42)17-24(32(51)52)40-15-13-38(19-28(45)46)11-9-37(18-27(43)44)10-12-39(14-16-40)20-29(47)48/h4-7,21,24-25,35,53-54H,2-3,8-20H2,1H3,(H,34,49)(H,36,42)(H,43,44)(H,45,46)(H,47,48)(H,51,52)/t21-,24?,25+/m1/s1. The first kappa shape index (κ1) is 43.5. The molecule has 3 atom stereocenters. The van der Waals surface area contributed by atoms with E-state index in [2.05, 4.69) is 16.2 Å². The van der Waals surface area contributed by atoms with Crippen LogP contribution in [0, 0.1) is 0 Å². The molecule has 0 saturated carbocycles. The van der Waals surface area contributed by atoms with Gasteiger partial charge < -0.3 is 40.7 Å². The van der Waals surface area contributed by atoms with Crippen LogP contribution in [0.3, 0.4) is 0 Å². The third-order valence-corrected chi connectivity index (χ3v) is 9.19. The molecule has 298 valence electrons. The molecule has 2 heterocycles. The Labute approximate surface area is 311 Å². The van der Waals surface area contributed by atoms with Crippen LogP contribution in [0.15, 0.2) is 24.3 Å². The second kappa shape index (κ2) is 21.1. The second-order valence-corrected chi connectivity index (χ2v) is 13.2. The van der Waals surface area contributed by atoms with Crippen molar-refractivity contribution in [2.24, 2.45) is 0 Å². The molecule has 0 radical (unpaired) electrons. The molecule has 1 aromatic rings. The smallest absolute Gasteiger partial charge is 0.475 e. The zero-order valence-electron chi connectivity index (χ0n) is 30.0. The average Bonchev–Trinajstić information content (AvgIpc) is 3.60. The topological polar surface area (TPSA) is 293 Å². The molecule has 3 amide bonds. The van der Waals surface area contributed by atoms with Crippen LogP contribution in [0.1, 0.15) is 36.5 Å². The number of likely N-dealkylation sites (tertiary alicyclic amines) is 1. The molecule has 54 heavy (non-hydrogen) atoms. The summed E-state index contributed by atoms with van der Waals surface area (Å²) in [4.78, 5) is 93.1. The first-order valence-electron chi connectivity index (χ1n) is 17.5. The number of carbonyl (C=O) groups is 7. The summed E-state index contributed by atoms with van der Waals surface area (Å²) in [5, 5.41) is 60.1. The van der Waals surface area contributed by atoms with Gasteiger partial charge in [-0.05, 0) is 44.0 Å². The van der Waals surface area contributed by atoms with Gasteiger partial charge in [-0.1, -0.05) is 0 Å². The summed E-state index contributed by atoms with van der Waals surface area (Å²) in [6.45, 7) is 1.44. The third kappa shape index (κ3) is 14.2. The van der Waals surface area contributed by atoms with Crippen molar-refractivity contribution >= 4 is 54.4 Å². The van der Waals surface area contributed by atoms with Gasteiger partial charge in [0.05, 0.1) is 37.7 Å². The summed E-state index contributed by atoms with van der Waals surface area (Å²) < 4.78 is 0. The normalized spacial score (nSPS) is 19.4. The van der Waals surface area contributed by atoms with E-state index in [0.717, 1.165) is 0 Å². The number of carboxylic acids is 4. The Kier molecular flexibility index (Phi) is 17.0. The summed E-state index contributed by atoms with van der Waals surface area (Å²) >= 11 is 0. The molecule has 0 aromatic heterocycles. The van der Waals surface area contributed by atoms with Crippen molar-refractivity contribution in [3.8, 4) is 0 Å². The van der Waals surface area contributed by atoms with Crippen molar-refractivity contribution in [3.63, 3.8) is 0 Å². The SMILES string of the molecule is C[C@@H](NC(=O)c1ccc(NNC(=O)CC(C(=O)O)N2CCN(CC(=O)O)CCN(CC(=O)O)CCN(CC(=O)O)CC2)cc1)C(=O)N1CCC[C@H]1B(O)O. The molecule has 2 saturated heterocycles. The van der Waals surface area contributed by atoms with Gasteiger partial charge in [0.15, 0.2) is 0 Å². The molecular formula is C32H49BN8O13. The number of hydrogen-bond acceptors (Lipinski definition) is 14. The average molecular weight is 765 g/mol. The first-order valence-corrected chi connectivity index (χ1v) is 17.5. The van der Waals surface area contributed by atoms with Crippen LogP contribution >= 0.6 is 0 Å². The summed E-state index contributed by atoms with van der Waals surface area (Å²) in [5.41, 5.74) is 5.61. The van der Waals surface area contributed by atoms with Crippen molar-refractivity contribution in [1.29, 1.82) is 0 Å². The number of amides is 3. The zero-order valence-corrected chi connectivity index (χ0v) is 30.0. The highest BCUT2D eigenvalue weighted by Crippen LogP contribution is 2.19. The van der Waals surface area contributed by atoms with Gasteiger partial charge in [0.25, 0.3) is 5.91 Å². The van der Waals surface area contributed by atoms with Crippen LogP contribution in [0.2, 0.25) is 0 Å². The number of hydrogen-bond donors (Lipinski definition) is 9. The lowest BCUT2D eigenvalue weighted by Gasteiger charge is -2.35. The fourth-order valence-corrected chi connectivity index (χ4v) is 6.33. The Morgan fingerprint density at radius 2 is 1.22 bits per heavy atom. The predicted molar refractivity (Wildman–Crippen MR) is 190 cm³/mol. The van der Waals surface area contributed by atoms with Crippen molar-refractivity contribution in [2.45, 2.75) is 44.2 Å². The van der Waals surface area contributed by atoms with Gasteiger partial charge in [0.2, 0.25) is 11.8 Å². The predicted octanol–water partition coefficient (Wildman–Crippen LogP) is -3.43. The van der Waals surface area contributed by atoms with Crippen LogP contribution in [-0.4, -0.2) is 200 Å². The van der Waals surface area contributed by atoms with Crippen LogP contribution in [0.5, 0.6) is 0 Å². The molecule has 3 rings (SSSR count). The van der Waals surface area contributed by atoms with E-state index >= 15 is 0 Å². The van der Waals surface area contributed by atoms with E-state index in [9.17, 15) is 64.0 Å². The lowest BCUT2D eigenvalue weighted by Crippen LogP contribution is -2.52. The molecule has 2 aliphatic heterocycles. The minimum absolute atomic E-state index is 0.000534. The van der Waals surface area contributed by atoms with Crippen molar-refractivity contribution in [3.05, 3.63) is 29.8 Å². The van der Waals surface area contributed by atoms with Crippen LogP contribution in [0.25, 0.3) is 0 Å². The number of carbonyl (C=O) groups excluding carboxylic acids is 3. The summed E-state index contributed by atoms with van der Waals surface area (Å²) in [7, 11) is -1.69. The van der Waals surface area contributed by atoms with Gasteiger partial charge in [-0.2, -0.15) is 0 Å². The molecule has 2 aliphatic rings. The number of rotatable bonds is 16. The number of aliphatic carboxylic acids is 4. The van der Waals surface area contributed by atoms with Crippen molar-refractivity contribution in [2.75, 3.05) is 84.0 Å². The van der Waals surface area contributed by atoms with Crippen molar-refractivity contribution < 1.29 is 64.0 Å².